The van der Waals surface area contributed by atoms with Crippen LogP contribution in [0.4, 0.5) is 5.69 Å². The maximum absolute atomic E-state index is 12.2. The molecule has 1 saturated heterocycles. The van der Waals surface area contributed by atoms with Crippen molar-refractivity contribution in [2.24, 2.45) is 5.92 Å². The topological polar surface area (TPSA) is 44.4 Å². The van der Waals surface area contributed by atoms with Gasteiger partial charge in [0.25, 0.3) is 0 Å². The second-order valence-electron chi connectivity index (χ2n) is 6.03. The summed E-state index contributed by atoms with van der Waals surface area (Å²) in [6.07, 6.45) is 1.12. The third kappa shape index (κ3) is 4.55. The van der Waals surface area contributed by atoms with Gasteiger partial charge in [-0.1, -0.05) is 32.0 Å². The summed E-state index contributed by atoms with van der Waals surface area (Å²) in [6.45, 7) is 9.90. The largest absolute Gasteiger partial charge is 0.325 e. The third-order valence-electron chi connectivity index (χ3n) is 4.24. The number of hydrogen-bond donors (Lipinski definition) is 2. The van der Waals surface area contributed by atoms with E-state index in [4.69, 9.17) is 0 Å². The summed E-state index contributed by atoms with van der Waals surface area (Å²) < 4.78 is 0. The van der Waals surface area contributed by atoms with Crippen LogP contribution >= 0.6 is 0 Å². The number of carbonyl (C=O) groups excluding carboxylic acids is 1. The van der Waals surface area contributed by atoms with Gasteiger partial charge in [0, 0.05) is 24.8 Å². The normalized spacial score (nSPS) is 23.0. The summed E-state index contributed by atoms with van der Waals surface area (Å²) in [6, 6.07) is 8.49. The van der Waals surface area contributed by atoms with Crippen LogP contribution in [-0.4, -0.2) is 43.0 Å². The Bertz CT molecular complexity index is 475. The first-order valence-corrected chi connectivity index (χ1v) is 7.91. The van der Waals surface area contributed by atoms with Crippen molar-refractivity contribution >= 4 is 11.6 Å². The van der Waals surface area contributed by atoms with Gasteiger partial charge < -0.3 is 10.6 Å². The Kier molecular flexibility index (Phi) is 5.76. The number of hydrogen-bond acceptors (Lipinski definition) is 3. The molecule has 0 saturated carbocycles. The van der Waals surface area contributed by atoms with Crippen LogP contribution in [0, 0.1) is 12.8 Å². The maximum atomic E-state index is 12.2. The first-order valence-electron chi connectivity index (χ1n) is 7.91. The molecule has 116 valence electrons. The number of nitrogens with one attached hydrogen (secondary N) is 2. The summed E-state index contributed by atoms with van der Waals surface area (Å²) in [4.78, 5) is 14.4. The standard InChI is InChI=1S/C17H27N3O/c1-4-18-15-9-10-20(11-14(15)3)12-17(21)19-16-8-6-5-7-13(16)2/h5-8,14-15,18H,4,9-12H2,1-3H3,(H,19,21). The number of rotatable bonds is 5. The Morgan fingerprint density at radius 2 is 2.14 bits per heavy atom. The van der Waals surface area contributed by atoms with Gasteiger partial charge in [-0.25, -0.2) is 0 Å². The molecule has 0 aliphatic carbocycles. The minimum atomic E-state index is 0.0819. The van der Waals surface area contributed by atoms with Crippen molar-refractivity contribution in [2.75, 3.05) is 31.5 Å². The quantitative estimate of drug-likeness (QED) is 0.874. The van der Waals surface area contributed by atoms with E-state index < -0.39 is 0 Å². The van der Waals surface area contributed by atoms with Crippen molar-refractivity contribution in [3.63, 3.8) is 0 Å². The Hall–Kier alpha value is -1.39. The van der Waals surface area contributed by atoms with E-state index in [1.807, 2.05) is 31.2 Å². The van der Waals surface area contributed by atoms with E-state index in [-0.39, 0.29) is 5.91 Å². The zero-order chi connectivity index (χ0) is 15.2. The van der Waals surface area contributed by atoms with Crippen LogP contribution in [0.1, 0.15) is 25.8 Å². The molecule has 1 aliphatic rings. The Balaban J connectivity index is 1.83. The lowest BCUT2D eigenvalue weighted by Gasteiger charge is -2.36. The van der Waals surface area contributed by atoms with Gasteiger partial charge in [0.1, 0.15) is 0 Å². The van der Waals surface area contributed by atoms with Gasteiger partial charge in [-0.2, -0.15) is 0 Å². The number of aryl methyl sites for hydroxylation is 1. The molecule has 2 atom stereocenters. The molecule has 4 nitrogen and oxygen atoms in total. The molecule has 0 aromatic heterocycles. The van der Waals surface area contributed by atoms with Gasteiger partial charge in [-0.05, 0) is 37.4 Å². The van der Waals surface area contributed by atoms with Crippen LogP contribution in [0.3, 0.4) is 0 Å². The predicted molar refractivity (Wildman–Crippen MR) is 87.5 cm³/mol. The van der Waals surface area contributed by atoms with E-state index in [0.29, 0.717) is 18.5 Å². The highest BCUT2D eigenvalue weighted by Crippen LogP contribution is 2.17. The lowest BCUT2D eigenvalue weighted by molar-refractivity contribution is -0.117. The number of anilines is 1. The van der Waals surface area contributed by atoms with Gasteiger partial charge >= 0.3 is 0 Å². The van der Waals surface area contributed by atoms with Crippen LogP contribution < -0.4 is 10.6 Å². The lowest BCUT2D eigenvalue weighted by Crippen LogP contribution is -2.49. The average molecular weight is 289 g/mol. The highest BCUT2D eigenvalue weighted by Gasteiger charge is 2.26. The molecule has 0 bridgehead atoms. The van der Waals surface area contributed by atoms with Gasteiger partial charge in [-0.15, -0.1) is 0 Å². The molecule has 1 heterocycles. The van der Waals surface area contributed by atoms with Crippen molar-refractivity contribution in [1.82, 2.24) is 10.2 Å². The summed E-state index contributed by atoms with van der Waals surface area (Å²) in [7, 11) is 0. The van der Waals surface area contributed by atoms with Crippen molar-refractivity contribution < 1.29 is 4.79 Å². The first kappa shape index (κ1) is 16.0. The molecule has 0 spiro atoms. The van der Waals surface area contributed by atoms with Crippen LogP contribution in [-0.2, 0) is 4.79 Å². The van der Waals surface area contributed by atoms with Gasteiger partial charge in [-0.3, -0.25) is 9.69 Å². The van der Waals surface area contributed by atoms with Crippen LogP contribution in [0.25, 0.3) is 0 Å². The zero-order valence-corrected chi connectivity index (χ0v) is 13.4. The van der Waals surface area contributed by atoms with Gasteiger partial charge in [0.05, 0.1) is 6.54 Å². The minimum Gasteiger partial charge on any atom is -0.325 e. The van der Waals surface area contributed by atoms with Crippen molar-refractivity contribution in [2.45, 2.75) is 33.2 Å². The number of nitrogens with zero attached hydrogens (tertiary/aromatic N) is 1. The monoisotopic (exact) mass is 289 g/mol. The number of amides is 1. The number of piperidine rings is 1. The van der Waals surface area contributed by atoms with Crippen LogP contribution in [0.15, 0.2) is 24.3 Å². The molecule has 4 heteroatoms. The molecule has 1 fully saturated rings. The molecule has 1 amide bonds. The van der Waals surface area contributed by atoms with Gasteiger partial charge in [0.2, 0.25) is 5.91 Å². The molecule has 2 unspecified atom stereocenters. The highest BCUT2D eigenvalue weighted by atomic mass is 16.2. The molecule has 21 heavy (non-hydrogen) atoms. The fourth-order valence-corrected chi connectivity index (χ4v) is 3.05. The molecular weight excluding hydrogens is 262 g/mol. The Labute approximate surface area is 127 Å². The second-order valence-corrected chi connectivity index (χ2v) is 6.03. The van der Waals surface area contributed by atoms with Crippen LogP contribution in [0.5, 0.6) is 0 Å². The molecule has 1 aromatic rings. The molecular formula is C17H27N3O. The second kappa shape index (κ2) is 7.57. The summed E-state index contributed by atoms with van der Waals surface area (Å²) in [5, 5.41) is 6.54. The highest BCUT2D eigenvalue weighted by molar-refractivity contribution is 5.92. The number of para-hydroxylation sites is 1. The number of likely N-dealkylation sites (tertiary alicyclic amines) is 1. The molecule has 2 N–H and O–H groups in total. The van der Waals surface area contributed by atoms with E-state index in [1.165, 1.54) is 0 Å². The van der Waals surface area contributed by atoms with Crippen molar-refractivity contribution in [1.29, 1.82) is 0 Å². The number of carbonyl (C=O) groups is 1. The summed E-state index contributed by atoms with van der Waals surface area (Å²) >= 11 is 0. The SMILES string of the molecule is CCNC1CCN(CC(=O)Nc2ccccc2C)CC1C. The van der Waals surface area contributed by atoms with E-state index in [1.54, 1.807) is 0 Å². The maximum Gasteiger partial charge on any atom is 0.238 e. The minimum absolute atomic E-state index is 0.0819. The molecule has 1 aliphatic heterocycles. The van der Waals surface area contributed by atoms with Gasteiger partial charge in [0.15, 0.2) is 0 Å². The lowest BCUT2D eigenvalue weighted by atomic mass is 9.94. The van der Waals surface area contributed by atoms with E-state index in [2.05, 4.69) is 29.4 Å². The summed E-state index contributed by atoms with van der Waals surface area (Å²) in [5.74, 6) is 0.670. The fourth-order valence-electron chi connectivity index (χ4n) is 3.05. The molecule has 2 rings (SSSR count). The first-order chi connectivity index (χ1) is 10.1. The molecule has 1 aromatic carbocycles. The fraction of sp³-hybridized carbons (Fsp3) is 0.588. The predicted octanol–water partition coefficient (Wildman–Crippen LogP) is 2.25. The van der Waals surface area contributed by atoms with E-state index in [0.717, 1.165) is 37.3 Å². The Morgan fingerprint density at radius 3 is 2.81 bits per heavy atom. The molecule has 0 radical (unpaired) electrons. The Morgan fingerprint density at radius 1 is 1.38 bits per heavy atom. The third-order valence-corrected chi connectivity index (χ3v) is 4.24. The zero-order valence-electron chi connectivity index (χ0n) is 13.4. The van der Waals surface area contributed by atoms with E-state index >= 15 is 0 Å². The van der Waals surface area contributed by atoms with Crippen molar-refractivity contribution in [3.8, 4) is 0 Å². The smallest absolute Gasteiger partial charge is 0.238 e. The summed E-state index contributed by atoms with van der Waals surface area (Å²) in [5.41, 5.74) is 2.02. The number of benzene rings is 1. The van der Waals surface area contributed by atoms with E-state index in [9.17, 15) is 4.79 Å². The van der Waals surface area contributed by atoms with Crippen LogP contribution in [0.2, 0.25) is 0 Å². The van der Waals surface area contributed by atoms with Crippen molar-refractivity contribution in [3.05, 3.63) is 29.8 Å². The average Bonchev–Trinajstić information content (AvgIpc) is 2.44.